The van der Waals surface area contributed by atoms with Gasteiger partial charge in [-0.15, -0.1) is 11.8 Å². The largest absolute Gasteiger partial charge is 0.507 e. The number of thioether (sulfide) groups is 1. The molecule has 0 heterocycles. The Bertz CT molecular complexity index is 509. The molecule has 0 aliphatic carbocycles. The Morgan fingerprint density at radius 3 is 2.35 bits per heavy atom. The van der Waals surface area contributed by atoms with E-state index in [1.165, 1.54) is 11.8 Å². The fourth-order valence-electron chi connectivity index (χ4n) is 1.80. The van der Waals surface area contributed by atoms with E-state index in [4.69, 9.17) is 4.74 Å². The van der Waals surface area contributed by atoms with Gasteiger partial charge in [0.1, 0.15) is 11.5 Å². The van der Waals surface area contributed by atoms with Gasteiger partial charge >= 0.3 is 0 Å². The SMILES string of the molecule is COc1c(-c2ccccc2)ccc(O)c1SC. The Hall–Kier alpha value is -1.61. The normalized spacial score (nSPS) is 10.2. The second kappa shape index (κ2) is 5.15. The Balaban J connectivity index is 2.63. The first-order valence-corrected chi connectivity index (χ1v) is 6.49. The number of benzene rings is 2. The van der Waals surface area contributed by atoms with Crippen molar-refractivity contribution in [1.82, 2.24) is 0 Å². The lowest BCUT2D eigenvalue weighted by Gasteiger charge is -2.13. The van der Waals surface area contributed by atoms with Crippen molar-refractivity contribution >= 4 is 11.8 Å². The minimum absolute atomic E-state index is 0.258. The molecule has 0 unspecified atom stereocenters. The van der Waals surface area contributed by atoms with Gasteiger partial charge in [-0.05, 0) is 24.0 Å². The van der Waals surface area contributed by atoms with Crippen LogP contribution < -0.4 is 4.74 Å². The van der Waals surface area contributed by atoms with Gasteiger partial charge in [-0.2, -0.15) is 0 Å². The van der Waals surface area contributed by atoms with Gasteiger partial charge in [-0.3, -0.25) is 0 Å². The number of methoxy groups -OCH3 is 1. The van der Waals surface area contributed by atoms with Crippen molar-refractivity contribution in [3.8, 4) is 22.6 Å². The van der Waals surface area contributed by atoms with Gasteiger partial charge < -0.3 is 9.84 Å². The van der Waals surface area contributed by atoms with E-state index in [-0.39, 0.29) is 5.75 Å². The van der Waals surface area contributed by atoms with Gasteiger partial charge in [0.15, 0.2) is 0 Å². The molecular formula is C14H14O2S. The Kier molecular flexibility index (Phi) is 3.59. The summed E-state index contributed by atoms with van der Waals surface area (Å²) in [6.07, 6.45) is 1.92. The summed E-state index contributed by atoms with van der Waals surface area (Å²) in [4.78, 5) is 0.772. The predicted octanol–water partition coefficient (Wildman–Crippen LogP) is 3.79. The average molecular weight is 246 g/mol. The van der Waals surface area contributed by atoms with Gasteiger partial charge in [0.25, 0.3) is 0 Å². The first-order chi connectivity index (χ1) is 8.27. The highest BCUT2D eigenvalue weighted by Gasteiger charge is 2.13. The lowest BCUT2D eigenvalue weighted by molar-refractivity contribution is 0.393. The third-order valence-corrected chi connectivity index (χ3v) is 3.39. The smallest absolute Gasteiger partial charge is 0.143 e. The van der Waals surface area contributed by atoms with Crippen LogP contribution in [0.3, 0.4) is 0 Å². The maximum Gasteiger partial charge on any atom is 0.143 e. The molecule has 2 rings (SSSR count). The Morgan fingerprint density at radius 1 is 1.06 bits per heavy atom. The second-order valence-electron chi connectivity index (χ2n) is 3.56. The second-order valence-corrected chi connectivity index (χ2v) is 4.38. The zero-order valence-corrected chi connectivity index (χ0v) is 10.6. The van der Waals surface area contributed by atoms with E-state index >= 15 is 0 Å². The van der Waals surface area contributed by atoms with Crippen molar-refractivity contribution in [3.05, 3.63) is 42.5 Å². The number of hydrogen-bond donors (Lipinski definition) is 1. The van der Waals surface area contributed by atoms with E-state index < -0.39 is 0 Å². The summed E-state index contributed by atoms with van der Waals surface area (Å²) in [5, 5.41) is 9.79. The third-order valence-electron chi connectivity index (χ3n) is 2.58. The molecule has 2 aromatic carbocycles. The van der Waals surface area contributed by atoms with Crippen LogP contribution in [-0.2, 0) is 0 Å². The fraction of sp³-hybridized carbons (Fsp3) is 0.143. The molecule has 0 bridgehead atoms. The number of aromatic hydroxyl groups is 1. The van der Waals surface area contributed by atoms with Crippen LogP contribution in [0.5, 0.6) is 11.5 Å². The molecule has 0 amide bonds. The standard InChI is InChI=1S/C14H14O2S/c1-16-13-11(10-6-4-3-5-7-10)8-9-12(15)14(13)17-2/h3-9,15H,1-2H3. The minimum Gasteiger partial charge on any atom is -0.507 e. The van der Waals surface area contributed by atoms with Crippen LogP contribution in [0.1, 0.15) is 0 Å². The lowest BCUT2D eigenvalue weighted by Crippen LogP contribution is -1.91. The van der Waals surface area contributed by atoms with Crippen molar-refractivity contribution in [1.29, 1.82) is 0 Å². The summed E-state index contributed by atoms with van der Waals surface area (Å²) >= 11 is 1.48. The molecule has 0 aromatic heterocycles. The molecule has 0 fully saturated rings. The van der Waals surface area contributed by atoms with Crippen molar-refractivity contribution in [2.24, 2.45) is 0 Å². The number of ether oxygens (including phenoxy) is 1. The number of phenolic OH excluding ortho intramolecular Hbond substituents is 1. The molecule has 2 nitrogen and oxygen atoms in total. The quantitative estimate of drug-likeness (QED) is 0.835. The first-order valence-electron chi connectivity index (χ1n) is 5.27. The van der Waals surface area contributed by atoms with Crippen LogP contribution >= 0.6 is 11.8 Å². The van der Waals surface area contributed by atoms with E-state index in [2.05, 4.69) is 0 Å². The summed E-state index contributed by atoms with van der Waals surface area (Å²) in [6.45, 7) is 0. The maximum absolute atomic E-state index is 9.79. The summed E-state index contributed by atoms with van der Waals surface area (Å²) in [7, 11) is 1.63. The molecule has 0 atom stereocenters. The molecule has 0 saturated heterocycles. The molecule has 0 spiro atoms. The van der Waals surface area contributed by atoms with Crippen LogP contribution in [-0.4, -0.2) is 18.5 Å². The molecule has 0 aliphatic rings. The molecule has 1 N–H and O–H groups in total. The molecule has 0 aliphatic heterocycles. The highest BCUT2D eigenvalue weighted by atomic mass is 32.2. The summed E-state index contributed by atoms with van der Waals surface area (Å²) in [6, 6.07) is 13.6. The molecule has 88 valence electrons. The van der Waals surface area contributed by atoms with Gasteiger partial charge in [-0.1, -0.05) is 30.3 Å². The molecule has 2 aromatic rings. The monoisotopic (exact) mass is 246 g/mol. The fourth-order valence-corrected chi connectivity index (χ4v) is 2.45. The Labute approximate surface area is 105 Å². The third kappa shape index (κ3) is 2.24. The van der Waals surface area contributed by atoms with E-state index in [1.807, 2.05) is 42.7 Å². The number of hydrogen-bond acceptors (Lipinski definition) is 3. The van der Waals surface area contributed by atoms with Crippen molar-refractivity contribution in [2.75, 3.05) is 13.4 Å². The zero-order chi connectivity index (χ0) is 12.3. The van der Waals surface area contributed by atoms with Crippen molar-refractivity contribution in [3.63, 3.8) is 0 Å². The highest BCUT2D eigenvalue weighted by Crippen LogP contribution is 2.42. The Morgan fingerprint density at radius 2 is 1.76 bits per heavy atom. The van der Waals surface area contributed by atoms with E-state index in [1.54, 1.807) is 13.2 Å². The van der Waals surface area contributed by atoms with Crippen molar-refractivity contribution < 1.29 is 9.84 Å². The predicted molar refractivity (Wildman–Crippen MR) is 71.9 cm³/mol. The number of rotatable bonds is 3. The zero-order valence-electron chi connectivity index (χ0n) is 9.81. The average Bonchev–Trinajstić information content (AvgIpc) is 2.39. The highest BCUT2D eigenvalue weighted by molar-refractivity contribution is 7.98. The minimum atomic E-state index is 0.258. The van der Waals surface area contributed by atoms with Crippen LogP contribution in [0, 0.1) is 0 Å². The lowest BCUT2D eigenvalue weighted by atomic mass is 10.0. The summed E-state index contributed by atoms with van der Waals surface area (Å²) < 4.78 is 5.42. The van der Waals surface area contributed by atoms with Gasteiger partial charge in [-0.25, -0.2) is 0 Å². The van der Waals surface area contributed by atoms with Crippen LogP contribution in [0.25, 0.3) is 11.1 Å². The van der Waals surface area contributed by atoms with E-state index in [0.29, 0.717) is 0 Å². The maximum atomic E-state index is 9.79. The molecule has 17 heavy (non-hydrogen) atoms. The van der Waals surface area contributed by atoms with Crippen LogP contribution in [0.4, 0.5) is 0 Å². The van der Waals surface area contributed by atoms with Gasteiger partial charge in [0, 0.05) is 5.56 Å². The van der Waals surface area contributed by atoms with Crippen LogP contribution in [0.2, 0.25) is 0 Å². The molecular weight excluding hydrogens is 232 g/mol. The molecule has 0 saturated carbocycles. The van der Waals surface area contributed by atoms with Crippen LogP contribution in [0.15, 0.2) is 47.4 Å². The molecule has 0 radical (unpaired) electrons. The summed E-state index contributed by atoms with van der Waals surface area (Å²) in [5.74, 6) is 0.984. The van der Waals surface area contributed by atoms with Crippen molar-refractivity contribution in [2.45, 2.75) is 4.90 Å². The van der Waals surface area contributed by atoms with Gasteiger partial charge in [0.2, 0.25) is 0 Å². The summed E-state index contributed by atoms with van der Waals surface area (Å²) in [5.41, 5.74) is 2.08. The number of phenols is 1. The molecule has 3 heteroatoms. The van der Waals surface area contributed by atoms with E-state index in [0.717, 1.165) is 21.8 Å². The first kappa shape index (κ1) is 11.9. The van der Waals surface area contributed by atoms with Gasteiger partial charge in [0.05, 0.1) is 12.0 Å². The van der Waals surface area contributed by atoms with E-state index in [9.17, 15) is 5.11 Å². The topological polar surface area (TPSA) is 29.5 Å².